The number of hydrogen-bond donors (Lipinski definition) is 1. The van der Waals surface area contributed by atoms with Crippen LogP contribution in [0, 0.1) is 6.92 Å². The largest absolute Gasteiger partial charge is 0.269 e. The summed E-state index contributed by atoms with van der Waals surface area (Å²) >= 11 is 0. The minimum absolute atomic E-state index is 0.0486. The van der Waals surface area contributed by atoms with Crippen LogP contribution >= 0.6 is 10.7 Å². The van der Waals surface area contributed by atoms with Gasteiger partial charge in [0, 0.05) is 4.90 Å². The molecule has 0 saturated heterocycles. The molecule has 1 atom stereocenters. The average Bonchev–Trinajstić information content (AvgIpc) is 2.21. The molecular weight excluding hydrogens is 178 g/mol. The molecule has 0 bridgehead atoms. The third-order valence-electron chi connectivity index (χ3n) is 1.55. The zero-order chi connectivity index (χ0) is 10.3. The van der Waals surface area contributed by atoms with E-state index in [1.54, 1.807) is 0 Å². The van der Waals surface area contributed by atoms with Crippen molar-refractivity contribution in [2.45, 2.75) is 25.7 Å². The first-order chi connectivity index (χ1) is 6.24. The molecule has 0 radical (unpaired) electrons. The number of hydrogen-bond acceptors (Lipinski definition) is 1. The van der Waals surface area contributed by atoms with Gasteiger partial charge in [-0.1, -0.05) is 48.1 Å². The van der Waals surface area contributed by atoms with Crippen LogP contribution in [0.1, 0.15) is 19.4 Å². The summed E-state index contributed by atoms with van der Waals surface area (Å²) in [6.07, 6.45) is 0. The number of rotatable bonds is 2. The van der Waals surface area contributed by atoms with Crippen molar-refractivity contribution in [3.63, 3.8) is 0 Å². The van der Waals surface area contributed by atoms with Crippen LogP contribution in [0.5, 0.6) is 0 Å². The van der Waals surface area contributed by atoms with E-state index in [4.69, 9.17) is 0 Å². The van der Waals surface area contributed by atoms with E-state index in [9.17, 15) is 0 Å². The molecular formula is C11H19NS. The fraction of sp³-hybridized carbons (Fsp3) is 0.364. The summed E-state index contributed by atoms with van der Waals surface area (Å²) in [7, 11) is 1.88. The predicted molar refractivity (Wildman–Crippen MR) is 64.6 cm³/mol. The molecule has 0 aliphatic rings. The van der Waals surface area contributed by atoms with E-state index in [1.165, 1.54) is 10.5 Å². The molecule has 0 spiro atoms. The minimum atomic E-state index is -0.0486. The lowest BCUT2D eigenvalue weighted by atomic mass is 10.2. The molecule has 0 saturated carbocycles. The van der Waals surface area contributed by atoms with Gasteiger partial charge in [-0.25, -0.2) is 0 Å². The molecule has 1 unspecified atom stereocenters. The fourth-order valence-electron chi connectivity index (χ4n) is 0.820. The predicted octanol–water partition coefficient (Wildman–Crippen LogP) is 3.22. The summed E-state index contributed by atoms with van der Waals surface area (Å²) in [4.78, 5) is 1.26. The van der Waals surface area contributed by atoms with Crippen molar-refractivity contribution in [1.29, 1.82) is 0 Å². The van der Waals surface area contributed by atoms with Crippen molar-refractivity contribution in [1.82, 2.24) is 4.72 Å². The van der Waals surface area contributed by atoms with E-state index < -0.39 is 0 Å². The Morgan fingerprint density at radius 1 is 1.15 bits per heavy atom. The van der Waals surface area contributed by atoms with Gasteiger partial charge in [0.15, 0.2) is 0 Å². The molecule has 1 rings (SSSR count). The highest BCUT2D eigenvalue weighted by atomic mass is 32.2. The Morgan fingerprint density at radius 2 is 1.62 bits per heavy atom. The highest BCUT2D eigenvalue weighted by Crippen LogP contribution is 2.19. The topological polar surface area (TPSA) is 12.0 Å². The van der Waals surface area contributed by atoms with Crippen molar-refractivity contribution in [3.05, 3.63) is 29.8 Å². The SMILES string of the molecule is C=S(NC)c1ccc(C)cc1.CC. The van der Waals surface area contributed by atoms with Gasteiger partial charge in [-0.15, -0.1) is 0 Å². The summed E-state index contributed by atoms with van der Waals surface area (Å²) in [5.74, 6) is 3.97. The van der Waals surface area contributed by atoms with E-state index in [0.29, 0.717) is 0 Å². The summed E-state index contributed by atoms with van der Waals surface area (Å²) in [5.41, 5.74) is 1.29. The molecule has 0 aliphatic heterocycles. The molecule has 1 N–H and O–H groups in total. The van der Waals surface area contributed by atoms with Gasteiger partial charge in [0.05, 0.1) is 0 Å². The second-order valence-electron chi connectivity index (χ2n) is 2.41. The van der Waals surface area contributed by atoms with Gasteiger partial charge >= 0.3 is 0 Å². The highest BCUT2D eigenvalue weighted by molar-refractivity contribution is 8.12. The van der Waals surface area contributed by atoms with Crippen LogP contribution < -0.4 is 4.72 Å². The Labute approximate surface area is 84.2 Å². The van der Waals surface area contributed by atoms with Crippen molar-refractivity contribution in [3.8, 4) is 0 Å². The monoisotopic (exact) mass is 197 g/mol. The molecule has 74 valence electrons. The zero-order valence-corrected chi connectivity index (χ0v) is 9.74. The normalized spacial score (nSPS) is 11.4. The van der Waals surface area contributed by atoms with E-state index in [-0.39, 0.29) is 10.7 Å². The Balaban J connectivity index is 0.000000671. The summed E-state index contributed by atoms with van der Waals surface area (Å²) in [6.45, 7) is 6.09. The van der Waals surface area contributed by atoms with Crippen molar-refractivity contribution >= 4 is 16.5 Å². The molecule has 0 aromatic heterocycles. The lowest BCUT2D eigenvalue weighted by Gasteiger charge is -2.04. The van der Waals surface area contributed by atoms with Crippen molar-refractivity contribution < 1.29 is 0 Å². The van der Waals surface area contributed by atoms with Crippen LogP contribution in [0.3, 0.4) is 0 Å². The van der Waals surface area contributed by atoms with E-state index >= 15 is 0 Å². The molecule has 0 aliphatic carbocycles. The van der Waals surface area contributed by atoms with Crippen LogP contribution in [0.2, 0.25) is 0 Å². The Bertz CT molecular complexity index is 251. The quantitative estimate of drug-likeness (QED) is 0.718. The number of benzene rings is 1. The first-order valence-electron chi connectivity index (χ1n) is 4.52. The fourth-order valence-corrected chi connectivity index (χ4v) is 1.52. The van der Waals surface area contributed by atoms with Gasteiger partial charge in [0.1, 0.15) is 0 Å². The van der Waals surface area contributed by atoms with Gasteiger partial charge in [0.25, 0.3) is 0 Å². The first kappa shape index (κ1) is 12.4. The minimum Gasteiger partial charge on any atom is -0.269 e. The smallest absolute Gasteiger partial charge is 0.0152 e. The first-order valence-corrected chi connectivity index (χ1v) is 5.91. The third kappa shape index (κ3) is 4.25. The zero-order valence-electron chi connectivity index (χ0n) is 8.92. The maximum Gasteiger partial charge on any atom is 0.0152 e. The average molecular weight is 197 g/mol. The standard InChI is InChI=1S/C9H13NS.C2H6/c1-8-4-6-9(7-5-8)11(3)10-2;1-2/h4-7,10H,3H2,1-2H3;1-2H3. The van der Waals surface area contributed by atoms with Gasteiger partial charge in [-0.2, -0.15) is 0 Å². The lowest BCUT2D eigenvalue weighted by molar-refractivity contribution is 1.27. The van der Waals surface area contributed by atoms with Crippen molar-refractivity contribution in [2.75, 3.05) is 7.05 Å². The van der Waals surface area contributed by atoms with E-state index in [0.717, 1.165) is 0 Å². The molecule has 13 heavy (non-hydrogen) atoms. The Kier molecular flexibility index (Phi) is 6.55. The molecule has 0 fully saturated rings. The van der Waals surface area contributed by atoms with Gasteiger partial charge in [0.2, 0.25) is 0 Å². The highest BCUT2D eigenvalue weighted by Gasteiger charge is 1.91. The maximum absolute atomic E-state index is 3.97. The lowest BCUT2D eigenvalue weighted by Crippen LogP contribution is -1.94. The number of aryl methyl sites for hydroxylation is 1. The Hall–Kier alpha value is -0.600. The van der Waals surface area contributed by atoms with Crippen molar-refractivity contribution in [2.24, 2.45) is 0 Å². The van der Waals surface area contributed by atoms with Crippen LogP contribution in [0.4, 0.5) is 0 Å². The molecule has 1 aromatic carbocycles. The molecule has 2 heteroatoms. The number of nitrogens with one attached hydrogen (secondary N) is 1. The van der Waals surface area contributed by atoms with E-state index in [1.807, 2.05) is 20.9 Å². The molecule has 1 nitrogen and oxygen atoms in total. The second-order valence-corrected chi connectivity index (χ2v) is 4.07. The van der Waals surface area contributed by atoms with E-state index in [2.05, 4.69) is 41.8 Å². The van der Waals surface area contributed by atoms with Crippen LogP contribution in [-0.4, -0.2) is 12.9 Å². The summed E-state index contributed by atoms with van der Waals surface area (Å²) in [5, 5.41) is 0. The molecule has 0 heterocycles. The van der Waals surface area contributed by atoms with Crippen LogP contribution in [0.25, 0.3) is 0 Å². The second kappa shape index (κ2) is 6.87. The third-order valence-corrected chi connectivity index (χ3v) is 2.89. The maximum atomic E-state index is 3.97. The van der Waals surface area contributed by atoms with Gasteiger partial charge in [-0.05, 0) is 26.1 Å². The summed E-state index contributed by atoms with van der Waals surface area (Å²) in [6, 6.07) is 8.44. The van der Waals surface area contributed by atoms with Crippen LogP contribution in [0.15, 0.2) is 29.2 Å². The molecule has 1 aromatic rings. The Morgan fingerprint density at radius 3 is 2.00 bits per heavy atom. The van der Waals surface area contributed by atoms with Gasteiger partial charge in [-0.3, -0.25) is 4.72 Å². The van der Waals surface area contributed by atoms with Gasteiger partial charge < -0.3 is 0 Å². The molecule has 0 amide bonds. The summed E-state index contributed by atoms with van der Waals surface area (Å²) < 4.78 is 3.12. The van der Waals surface area contributed by atoms with Crippen LogP contribution in [-0.2, 0) is 0 Å².